The lowest BCUT2D eigenvalue weighted by molar-refractivity contribution is -0.117. The first-order valence-electron chi connectivity index (χ1n) is 2.66. The summed E-state index contributed by atoms with van der Waals surface area (Å²) in [6.07, 6.45) is 1.29. The maximum absolute atomic E-state index is 10.6. The first-order valence-corrected chi connectivity index (χ1v) is 2.66. The predicted molar refractivity (Wildman–Crippen MR) is 35.9 cm³/mol. The van der Waals surface area contributed by atoms with Gasteiger partial charge in [0.15, 0.2) is 0 Å². The number of hydrogen-bond donors (Lipinski definition) is 1. The van der Waals surface area contributed by atoms with E-state index < -0.39 is 0 Å². The minimum atomic E-state index is -0.306. The van der Waals surface area contributed by atoms with Crippen molar-refractivity contribution in [1.82, 2.24) is 5.32 Å². The molecule has 10 heavy (non-hydrogen) atoms. The normalized spacial score (nSPS) is 7.70. The molecular formula is C6H8N2O2. The summed E-state index contributed by atoms with van der Waals surface area (Å²) in [5.41, 5.74) is 0.390. The number of carbonyl (C=O) groups excluding carboxylic acids is 2. The van der Waals surface area contributed by atoms with E-state index >= 15 is 0 Å². The molecular weight excluding hydrogens is 132 g/mol. The Kier molecular flexibility index (Phi) is 3.84. The third-order valence-corrected chi connectivity index (χ3v) is 0.771. The van der Waals surface area contributed by atoms with Crippen LogP contribution in [0.3, 0.4) is 0 Å². The van der Waals surface area contributed by atoms with Gasteiger partial charge in [-0.1, -0.05) is 6.58 Å². The van der Waals surface area contributed by atoms with E-state index in [-0.39, 0.29) is 12.6 Å². The summed E-state index contributed by atoms with van der Waals surface area (Å²) < 4.78 is 0. The quantitative estimate of drug-likeness (QED) is 0.340. The van der Waals surface area contributed by atoms with Crippen LogP contribution in [0.5, 0.6) is 0 Å². The summed E-state index contributed by atoms with van der Waals surface area (Å²) >= 11 is 0. The smallest absolute Gasteiger partial charge is 0.247 e. The van der Waals surface area contributed by atoms with Crippen LogP contribution in [0.2, 0.25) is 0 Å². The highest BCUT2D eigenvalue weighted by Crippen LogP contribution is 1.83. The first kappa shape index (κ1) is 8.59. The third-order valence-electron chi connectivity index (χ3n) is 0.771. The molecule has 0 bridgehead atoms. The number of amides is 1. The van der Waals surface area contributed by atoms with E-state index in [1.807, 2.05) is 0 Å². The van der Waals surface area contributed by atoms with Gasteiger partial charge in [0.05, 0.1) is 0 Å². The van der Waals surface area contributed by atoms with Crippen LogP contribution in [0.4, 0.5) is 0 Å². The van der Waals surface area contributed by atoms with Crippen LogP contribution in [-0.4, -0.2) is 18.7 Å². The molecule has 0 rings (SSSR count). The average molecular weight is 140 g/mol. The molecule has 0 aliphatic heterocycles. The summed E-state index contributed by atoms with van der Waals surface area (Å²) in [7, 11) is 0. The Morgan fingerprint density at radius 2 is 2.40 bits per heavy atom. The fraction of sp³-hybridized carbons (Fsp3) is 0.333. The lowest BCUT2D eigenvalue weighted by Gasteiger charge is -1.96. The van der Waals surface area contributed by atoms with Gasteiger partial charge < -0.3 is 5.32 Å². The third kappa shape index (κ3) is 3.57. The van der Waals surface area contributed by atoms with Crippen molar-refractivity contribution < 1.29 is 9.59 Å². The van der Waals surface area contributed by atoms with Crippen LogP contribution in [0.1, 0.15) is 6.92 Å². The van der Waals surface area contributed by atoms with Crippen LogP contribution >= 0.6 is 0 Å². The van der Waals surface area contributed by atoms with Crippen LogP contribution in [0.15, 0.2) is 17.1 Å². The number of hydrogen-bond acceptors (Lipinski definition) is 3. The Balaban J connectivity index is 3.60. The van der Waals surface area contributed by atoms with Crippen LogP contribution in [-0.2, 0) is 9.59 Å². The molecule has 0 saturated carbocycles. The molecule has 0 aliphatic carbocycles. The van der Waals surface area contributed by atoms with Crippen molar-refractivity contribution in [3.63, 3.8) is 0 Å². The number of carbonyl (C=O) groups is 1. The minimum absolute atomic E-state index is 0.0325. The van der Waals surface area contributed by atoms with E-state index in [1.54, 1.807) is 6.92 Å². The van der Waals surface area contributed by atoms with Crippen LogP contribution < -0.4 is 5.32 Å². The maximum atomic E-state index is 10.6. The molecule has 0 aromatic rings. The molecule has 0 radical (unpaired) electrons. The number of isocyanates is 1. The molecule has 0 heterocycles. The Morgan fingerprint density at radius 3 is 2.80 bits per heavy atom. The standard InChI is InChI=1S/C6H8N2O2/c1-5(2)6(10)8-3-7-4-9/h1,3H2,2H3,(H,8,10). The zero-order chi connectivity index (χ0) is 7.98. The molecule has 4 nitrogen and oxygen atoms in total. The molecule has 0 saturated heterocycles. The van der Waals surface area contributed by atoms with Gasteiger partial charge in [0, 0.05) is 5.57 Å². The Hall–Kier alpha value is -1.41. The second kappa shape index (κ2) is 4.47. The fourth-order valence-corrected chi connectivity index (χ4v) is 0.294. The SMILES string of the molecule is C=C(C)C(=O)NCN=C=O. The minimum Gasteiger partial charge on any atom is -0.332 e. The van der Waals surface area contributed by atoms with Crippen molar-refractivity contribution >= 4 is 12.0 Å². The highest BCUT2D eigenvalue weighted by Gasteiger charge is 1.96. The molecule has 0 spiro atoms. The molecule has 0 aromatic heterocycles. The molecule has 54 valence electrons. The molecule has 0 aromatic carbocycles. The number of nitrogens with zero attached hydrogens (tertiary/aromatic N) is 1. The summed E-state index contributed by atoms with van der Waals surface area (Å²) in [4.78, 5) is 23.2. The summed E-state index contributed by atoms with van der Waals surface area (Å²) in [6.45, 7) is 4.92. The summed E-state index contributed by atoms with van der Waals surface area (Å²) in [6, 6.07) is 0. The van der Waals surface area contributed by atoms with Crippen molar-refractivity contribution in [2.75, 3.05) is 6.67 Å². The summed E-state index contributed by atoms with van der Waals surface area (Å²) in [5.74, 6) is -0.306. The largest absolute Gasteiger partial charge is 0.332 e. The van der Waals surface area contributed by atoms with E-state index in [0.717, 1.165) is 0 Å². The monoisotopic (exact) mass is 140 g/mol. The summed E-state index contributed by atoms with van der Waals surface area (Å²) in [5, 5.41) is 2.32. The van der Waals surface area contributed by atoms with E-state index in [0.29, 0.717) is 5.57 Å². The zero-order valence-corrected chi connectivity index (χ0v) is 5.68. The van der Waals surface area contributed by atoms with E-state index in [2.05, 4.69) is 16.9 Å². The highest BCUT2D eigenvalue weighted by molar-refractivity contribution is 5.92. The molecule has 1 amide bonds. The Bertz CT molecular complexity index is 192. The van der Waals surface area contributed by atoms with E-state index in [4.69, 9.17) is 0 Å². The van der Waals surface area contributed by atoms with Gasteiger partial charge in [-0.25, -0.2) is 4.79 Å². The zero-order valence-electron chi connectivity index (χ0n) is 5.68. The van der Waals surface area contributed by atoms with Crippen molar-refractivity contribution in [2.24, 2.45) is 4.99 Å². The van der Waals surface area contributed by atoms with Gasteiger partial charge in [-0.15, -0.1) is 0 Å². The second-order valence-corrected chi connectivity index (χ2v) is 1.69. The lowest BCUT2D eigenvalue weighted by atomic mass is 10.3. The van der Waals surface area contributed by atoms with Gasteiger partial charge in [-0.05, 0) is 6.92 Å². The first-order chi connectivity index (χ1) is 4.68. The highest BCUT2D eigenvalue weighted by atomic mass is 16.1. The van der Waals surface area contributed by atoms with E-state index in [9.17, 15) is 9.59 Å². The number of nitrogens with one attached hydrogen (secondary N) is 1. The number of aliphatic imine (C=N–C) groups is 1. The van der Waals surface area contributed by atoms with Gasteiger partial charge in [-0.2, -0.15) is 4.99 Å². The van der Waals surface area contributed by atoms with Crippen molar-refractivity contribution in [2.45, 2.75) is 6.92 Å². The van der Waals surface area contributed by atoms with Gasteiger partial charge in [-0.3, -0.25) is 4.79 Å². The predicted octanol–water partition coefficient (Wildman–Crippen LogP) is -0.0280. The van der Waals surface area contributed by atoms with Crippen LogP contribution in [0.25, 0.3) is 0 Å². The fourth-order valence-electron chi connectivity index (χ4n) is 0.294. The van der Waals surface area contributed by atoms with Crippen LogP contribution in [0, 0.1) is 0 Å². The average Bonchev–Trinajstić information content (AvgIpc) is 1.88. The topological polar surface area (TPSA) is 58.5 Å². The maximum Gasteiger partial charge on any atom is 0.247 e. The van der Waals surface area contributed by atoms with Gasteiger partial charge in [0.1, 0.15) is 6.67 Å². The Labute approximate surface area is 58.6 Å². The lowest BCUT2D eigenvalue weighted by Crippen LogP contribution is -2.23. The molecule has 0 unspecified atom stereocenters. The second-order valence-electron chi connectivity index (χ2n) is 1.69. The molecule has 0 aliphatic rings. The number of rotatable bonds is 3. The molecule has 4 heteroatoms. The van der Waals surface area contributed by atoms with Crippen molar-refractivity contribution in [3.8, 4) is 0 Å². The molecule has 0 fully saturated rings. The van der Waals surface area contributed by atoms with Crippen molar-refractivity contribution in [3.05, 3.63) is 12.2 Å². The Morgan fingerprint density at radius 1 is 1.80 bits per heavy atom. The molecule has 1 N–H and O–H groups in total. The van der Waals surface area contributed by atoms with Gasteiger partial charge in [0.25, 0.3) is 0 Å². The van der Waals surface area contributed by atoms with E-state index in [1.165, 1.54) is 6.08 Å². The molecule has 0 atom stereocenters. The van der Waals surface area contributed by atoms with Gasteiger partial charge in [0.2, 0.25) is 12.0 Å². The van der Waals surface area contributed by atoms with Crippen molar-refractivity contribution in [1.29, 1.82) is 0 Å². The van der Waals surface area contributed by atoms with Gasteiger partial charge >= 0.3 is 0 Å².